The van der Waals surface area contributed by atoms with Gasteiger partial charge in [0.2, 0.25) is 0 Å². The standard InChI is InChI=1S/C14H19NO2S/c1-3-12(15)13(14-10(2)6-8-18-14)17-9-11-5-4-7-16-11/h4-8,12-13H,3,9,15H2,1-2H3. The van der Waals surface area contributed by atoms with Crippen LogP contribution in [-0.2, 0) is 11.3 Å². The van der Waals surface area contributed by atoms with Crippen LogP contribution in [-0.4, -0.2) is 6.04 Å². The van der Waals surface area contributed by atoms with Crippen molar-refractivity contribution in [2.75, 3.05) is 0 Å². The van der Waals surface area contributed by atoms with Crippen molar-refractivity contribution >= 4 is 11.3 Å². The predicted molar refractivity (Wildman–Crippen MR) is 73.6 cm³/mol. The fraction of sp³-hybridized carbons (Fsp3) is 0.429. The highest BCUT2D eigenvalue weighted by Gasteiger charge is 2.22. The maximum Gasteiger partial charge on any atom is 0.129 e. The SMILES string of the molecule is CCC(N)C(OCc1ccco1)c1sccc1C. The molecular weight excluding hydrogens is 246 g/mol. The number of nitrogens with two attached hydrogens (primary N) is 1. The predicted octanol–water partition coefficient (Wildman–Crippen LogP) is 3.64. The molecule has 2 aromatic heterocycles. The second kappa shape index (κ2) is 6.18. The van der Waals surface area contributed by atoms with Crippen molar-refractivity contribution in [1.82, 2.24) is 0 Å². The van der Waals surface area contributed by atoms with E-state index < -0.39 is 0 Å². The minimum Gasteiger partial charge on any atom is -0.467 e. The van der Waals surface area contributed by atoms with Crippen LogP contribution in [0.25, 0.3) is 0 Å². The van der Waals surface area contributed by atoms with Gasteiger partial charge in [-0.1, -0.05) is 6.92 Å². The molecule has 0 fully saturated rings. The zero-order valence-electron chi connectivity index (χ0n) is 10.8. The third kappa shape index (κ3) is 3.02. The fourth-order valence-electron chi connectivity index (χ4n) is 1.85. The van der Waals surface area contributed by atoms with Crippen LogP contribution in [0.15, 0.2) is 34.3 Å². The summed E-state index contributed by atoms with van der Waals surface area (Å²) < 4.78 is 11.2. The molecular formula is C14H19NO2S. The van der Waals surface area contributed by atoms with Crippen molar-refractivity contribution in [2.45, 2.75) is 39.0 Å². The number of thiophene rings is 1. The summed E-state index contributed by atoms with van der Waals surface area (Å²) >= 11 is 1.70. The van der Waals surface area contributed by atoms with E-state index in [1.807, 2.05) is 12.1 Å². The number of ether oxygens (including phenoxy) is 1. The molecule has 0 aliphatic heterocycles. The zero-order chi connectivity index (χ0) is 13.0. The van der Waals surface area contributed by atoms with E-state index in [1.54, 1.807) is 17.6 Å². The molecule has 0 saturated carbocycles. The normalized spacial score (nSPS) is 14.6. The highest BCUT2D eigenvalue weighted by molar-refractivity contribution is 7.10. The summed E-state index contributed by atoms with van der Waals surface area (Å²) in [5.74, 6) is 0.831. The van der Waals surface area contributed by atoms with Gasteiger partial charge in [-0.2, -0.15) is 0 Å². The maximum absolute atomic E-state index is 6.17. The number of aryl methyl sites for hydroxylation is 1. The number of hydrogen-bond acceptors (Lipinski definition) is 4. The average Bonchev–Trinajstić information content (AvgIpc) is 3.01. The Morgan fingerprint density at radius 2 is 2.28 bits per heavy atom. The highest BCUT2D eigenvalue weighted by atomic mass is 32.1. The number of rotatable bonds is 6. The van der Waals surface area contributed by atoms with Gasteiger partial charge in [0.15, 0.2) is 0 Å². The van der Waals surface area contributed by atoms with Gasteiger partial charge in [-0.3, -0.25) is 0 Å². The molecule has 0 aliphatic carbocycles. The first-order valence-electron chi connectivity index (χ1n) is 6.16. The van der Waals surface area contributed by atoms with Crippen LogP contribution in [0.1, 0.15) is 35.6 Å². The third-order valence-electron chi connectivity index (χ3n) is 3.01. The van der Waals surface area contributed by atoms with Gasteiger partial charge in [0, 0.05) is 10.9 Å². The molecule has 2 heterocycles. The van der Waals surface area contributed by atoms with E-state index >= 15 is 0 Å². The van der Waals surface area contributed by atoms with Crippen LogP contribution in [0, 0.1) is 6.92 Å². The second-order valence-electron chi connectivity index (χ2n) is 4.35. The van der Waals surface area contributed by atoms with E-state index in [-0.39, 0.29) is 12.1 Å². The molecule has 0 radical (unpaired) electrons. The van der Waals surface area contributed by atoms with Crippen molar-refractivity contribution < 1.29 is 9.15 Å². The van der Waals surface area contributed by atoms with E-state index in [0.717, 1.165) is 12.2 Å². The summed E-state index contributed by atoms with van der Waals surface area (Å²) in [7, 11) is 0. The molecule has 2 aromatic rings. The molecule has 0 amide bonds. The van der Waals surface area contributed by atoms with E-state index in [9.17, 15) is 0 Å². The first-order valence-corrected chi connectivity index (χ1v) is 7.04. The van der Waals surface area contributed by atoms with E-state index in [0.29, 0.717) is 6.61 Å². The molecule has 0 saturated heterocycles. The zero-order valence-corrected chi connectivity index (χ0v) is 11.6. The lowest BCUT2D eigenvalue weighted by atomic mass is 10.1. The lowest BCUT2D eigenvalue weighted by Crippen LogP contribution is -2.29. The van der Waals surface area contributed by atoms with Gasteiger partial charge in [0.1, 0.15) is 18.5 Å². The molecule has 2 N–H and O–H groups in total. The Morgan fingerprint density at radius 3 is 2.83 bits per heavy atom. The number of hydrogen-bond donors (Lipinski definition) is 1. The molecule has 0 spiro atoms. The van der Waals surface area contributed by atoms with Crippen LogP contribution in [0.5, 0.6) is 0 Å². The monoisotopic (exact) mass is 265 g/mol. The van der Waals surface area contributed by atoms with Crippen LogP contribution in [0.4, 0.5) is 0 Å². The Kier molecular flexibility index (Phi) is 4.58. The Hall–Kier alpha value is -1.10. The second-order valence-corrected chi connectivity index (χ2v) is 5.30. The van der Waals surface area contributed by atoms with Gasteiger partial charge in [0.25, 0.3) is 0 Å². The molecule has 0 aliphatic rings. The van der Waals surface area contributed by atoms with Crippen LogP contribution in [0.2, 0.25) is 0 Å². The van der Waals surface area contributed by atoms with E-state index in [2.05, 4.69) is 25.3 Å². The minimum absolute atomic E-state index is 0.0114. The van der Waals surface area contributed by atoms with Gasteiger partial charge >= 0.3 is 0 Å². The van der Waals surface area contributed by atoms with Crippen molar-refractivity contribution in [1.29, 1.82) is 0 Å². The Labute approximate surface area is 112 Å². The van der Waals surface area contributed by atoms with Crippen LogP contribution in [0.3, 0.4) is 0 Å². The van der Waals surface area contributed by atoms with Crippen molar-refractivity contribution in [3.63, 3.8) is 0 Å². The lowest BCUT2D eigenvalue weighted by Gasteiger charge is -2.22. The summed E-state index contributed by atoms with van der Waals surface area (Å²) in [6.07, 6.45) is 2.49. The summed E-state index contributed by atoms with van der Waals surface area (Å²) in [6, 6.07) is 5.89. The Morgan fingerprint density at radius 1 is 1.44 bits per heavy atom. The molecule has 2 atom stereocenters. The Bertz CT molecular complexity index is 464. The van der Waals surface area contributed by atoms with Crippen LogP contribution >= 0.6 is 11.3 Å². The minimum atomic E-state index is -0.0555. The molecule has 4 heteroatoms. The van der Waals surface area contributed by atoms with Crippen LogP contribution < -0.4 is 5.73 Å². The molecule has 2 rings (SSSR count). The molecule has 0 bridgehead atoms. The van der Waals surface area contributed by atoms with E-state index in [4.69, 9.17) is 14.9 Å². The molecule has 3 nitrogen and oxygen atoms in total. The van der Waals surface area contributed by atoms with Crippen molar-refractivity contribution in [3.05, 3.63) is 46.0 Å². The first kappa shape index (κ1) is 13.3. The Balaban J connectivity index is 2.08. The fourth-order valence-corrected chi connectivity index (χ4v) is 2.90. The van der Waals surface area contributed by atoms with Gasteiger partial charge < -0.3 is 14.9 Å². The molecule has 98 valence electrons. The van der Waals surface area contributed by atoms with Gasteiger partial charge in [-0.25, -0.2) is 0 Å². The molecule has 0 aromatic carbocycles. The summed E-state index contributed by atoms with van der Waals surface area (Å²) in [6.45, 7) is 4.64. The van der Waals surface area contributed by atoms with Crippen molar-refractivity contribution in [2.24, 2.45) is 5.73 Å². The molecule has 2 unspecified atom stereocenters. The van der Waals surface area contributed by atoms with Gasteiger partial charge in [-0.15, -0.1) is 11.3 Å². The lowest BCUT2D eigenvalue weighted by molar-refractivity contribution is 0.0145. The summed E-state index contributed by atoms with van der Waals surface area (Å²) in [5.41, 5.74) is 7.41. The largest absolute Gasteiger partial charge is 0.467 e. The quantitative estimate of drug-likeness (QED) is 0.867. The van der Waals surface area contributed by atoms with E-state index in [1.165, 1.54) is 10.4 Å². The molecule has 18 heavy (non-hydrogen) atoms. The van der Waals surface area contributed by atoms with Gasteiger partial charge in [-0.05, 0) is 42.5 Å². The maximum atomic E-state index is 6.17. The first-order chi connectivity index (χ1) is 8.72. The third-order valence-corrected chi connectivity index (χ3v) is 4.09. The summed E-state index contributed by atoms with van der Waals surface area (Å²) in [5, 5.41) is 2.08. The van der Waals surface area contributed by atoms with Crippen molar-refractivity contribution in [3.8, 4) is 0 Å². The smallest absolute Gasteiger partial charge is 0.129 e. The topological polar surface area (TPSA) is 48.4 Å². The summed E-state index contributed by atoms with van der Waals surface area (Å²) in [4.78, 5) is 1.22. The van der Waals surface area contributed by atoms with Gasteiger partial charge in [0.05, 0.1) is 6.26 Å². The average molecular weight is 265 g/mol. The number of furan rings is 1. The highest BCUT2D eigenvalue weighted by Crippen LogP contribution is 2.30.